The Kier molecular flexibility index (Phi) is 4.20. The van der Waals surface area contributed by atoms with Crippen LogP contribution in [-0.2, 0) is 7.05 Å². The minimum atomic E-state index is -0.999. The lowest BCUT2D eigenvalue weighted by Crippen LogP contribution is -2.06. The number of carboxylic acid groups (broad SMARTS) is 1. The van der Waals surface area contributed by atoms with Crippen LogP contribution in [-0.4, -0.2) is 25.7 Å². The zero-order valence-electron chi connectivity index (χ0n) is 16.5. The number of carboxylic acids is 1. The number of nitrogens with one attached hydrogen (secondary N) is 1. The number of aryl methyl sites for hydroxylation is 1. The van der Waals surface area contributed by atoms with Gasteiger partial charge in [0.1, 0.15) is 17.1 Å². The molecule has 3 N–H and O–H groups in total. The van der Waals surface area contributed by atoms with Crippen molar-refractivity contribution in [1.29, 1.82) is 0 Å². The Morgan fingerprint density at radius 1 is 1.17 bits per heavy atom. The van der Waals surface area contributed by atoms with Gasteiger partial charge in [-0.3, -0.25) is 0 Å². The van der Waals surface area contributed by atoms with Gasteiger partial charge in [-0.1, -0.05) is 12.1 Å². The van der Waals surface area contributed by atoms with E-state index in [-0.39, 0.29) is 11.3 Å². The van der Waals surface area contributed by atoms with Crippen LogP contribution in [0, 0.1) is 0 Å². The molecule has 2 heterocycles. The maximum Gasteiger partial charge on any atom is 0.339 e. The van der Waals surface area contributed by atoms with Gasteiger partial charge in [-0.05, 0) is 66.3 Å². The molecular weight excluding hydrogens is 378 g/mol. The molecule has 2 aromatic carbocycles. The minimum Gasteiger partial charge on any atom is -0.508 e. The number of aromatic nitrogens is 2. The normalized spacial score (nSPS) is 13.5. The molecule has 6 heteroatoms. The summed E-state index contributed by atoms with van der Waals surface area (Å²) in [6.45, 7) is 0. The van der Waals surface area contributed by atoms with Crippen molar-refractivity contribution in [1.82, 2.24) is 9.55 Å². The first kappa shape index (κ1) is 18.2. The molecule has 0 aliphatic heterocycles. The average molecular weight is 399 g/mol. The summed E-state index contributed by atoms with van der Waals surface area (Å²) in [5.74, 6) is -0.0491. The fourth-order valence-electron chi connectivity index (χ4n) is 3.93. The van der Waals surface area contributed by atoms with E-state index in [9.17, 15) is 15.0 Å². The zero-order chi connectivity index (χ0) is 20.8. The highest BCUT2D eigenvalue weighted by Gasteiger charge is 2.26. The van der Waals surface area contributed by atoms with Gasteiger partial charge in [0.25, 0.3) is 0 Å². The van der Waals surface area contributed by atoms with Gasteiger partial charge in [0.15, 0.2) is 0 Å². The van der Waals surface area contributed by atoms with E-state index in [1.807, 2.05) is 42.1 Å². The molecule has 2 aromatic heterocycles. The molecule has 30 heavy (non-hydrogen) atoms. The summed E-state index contributed by atoms with van der Waals surface area (Å²) in [6.07, 6.45) is 5.92. The Morgan fingerprint density at radius 2 is 2.00 bits per heavy atom. The molecule has 0 unspecified atom stereocenters. The molecule has 4 aromatic rings. The quantitative estimate of drug-likeness (QED) is 0.426. The predicted molar refractivity (Wildman–Crippen MR) is 116 cm³/mol. The fourth-order valence-corrected chi connectivity index (χ4v) is 3.93. The van der Waals surface area contributed by atoms with Gasteiger partial charge in [0.2, 0.25) is 0 Å². The molecule has 0 bridgehead atoms. The molecule has 150 valence electrons. The number of hydrogen-bond acceptors (Lipinski definition) is 4. The van der Waals surface area contributed by atoms with E-state index in [4.69, 9.17) is 0 Å². The number of rotatable bonds is 5. The number of aromatic hydroxyl groups is 1. The van der Waals surface area contributed by atoms with Crippen molar-refractivity contribution in [2.24, 2.45) is 7.05 Å². The van der Waals surface area contributed by atoms with Crippen molar-refractivity contribution >= 4 is 28.4 Å². The summed E-state index contributed by atoms with van der Waals surface area (Å²) in [4.78, 5) is 16.3. The Hall–Kier alpha value is -3.80. The van der Waals surface area contributed by atoms with Crippen LogP contribution < -0.4 is 5.32 Å². The van der Waals surface area contributed by atoms with E-state index >= 15 is 0 Å². The maximum atomic E-state index is 11.8. The highest BCUT2D eigenvalue weighted by Crippen LogP contribution is 2.41. The third-order valence-electron chi connectivity index (χ3n) is 5.58. The van der Waals surface area contributed by atoms with E-state index in [1.165, 1.54) is 0 Å². The lowest BCUT2D eigenvalue weighted by atomic mass is 10.0. The number of phenols is 1. The van der Waals surface area contributed by atoms with Gasteiger partial charge >= 0.3 is 5.97 Å². The summed E-state index contributed by atoms with van der Waals surface area (Å²) in [5.41, 5.74) is 4.73. The summed E-state index contributed by atoms with van der Waals surface area (Å²) in [7, 11) is 1.97. The second-order valence-corrected chi connectivity index (χ2v) is 7.81. The number of nitrogens with zero attached hydrogens (tertiary/aromatic N) is 2. The van der Waals surface area contributed by atoms with Crippen LogP contribution in [0.2, 0.25) is 0 Å². The highest BCUT2D eigenvalue weighted by atomic mass is 16.4. The summed E-state index contributed by atoms with van der Waals surface area (Å²) in [5, 5.41) is 23.9. The van der Waals surface area contributed by atoms with E-state index < -0.39 is 5.97 Å². The molecule has 1 aliphatic rings. The first-order valence-corrected chi connectivity index (χ1v) is 9.88. The zero-order valence-corrected chi connectivity index (χ0v) is 16.5. The van der Waals surface area contributed by atoms with Gasteiger partial charge < -0.3 is 20.1 Å². The number of benzene rings is 2. The molecule has 0 amide bonds. The smallest absolute Gasteiger partial charge is 0.339 e. The first-order valence-electron chi connectivity index (χ1n) is 9.88. The van der Waals surface area contributed by atoms with Crippen LogP contribution in [0.5, 0.6) is 5.75 Å². The van der Waals surface area contributed by atoms with E-state index in [1.54, 1.807) is 30.5 Å². The van der Waals surface area contributed by atoms with Crippen LogP contribution in [0.3, 0.4) is 0 Å². The largest absolute Gasteiger partial charge is 0.508 e. The summed E-state index contributed by atoms with van der Waals surface area (Å²) < 4.78 is 2.03. The second kappa shape index (κ2) is 6.91. The number of phenolic OH excluding ortho intramolecular Hbond substituents is 1. The van der Waals surface area contributed by atoms with Crippen LogP contribution >= 0.6 is 0 Å². The van der Waals surface area contributed by atoms with E-state index in [0.717, 1.165) is 46.1 Å². The lowest BCUT2D eigenvalue weighted by Gasteiger charge is -2.14. The molecule has 1 saturated carbocycles. The Bertz CT molecular complexity index is 1290. The van der Waals surface area contributed by atoms with Crippen LogP contribution in [0.15, 0.2) is 60.9 Å². The highest BCUT2D eigenvalue weighted by molar-refractivity contribution is 5.99. The second-order valence-electron chi connectivity index (χ2n) is 7.81. The van der Waals surface area contributed by atoms with E-state index in [0.29, 0.717) is 11.7 Å². The molecule has 0 atom stereocenters. The molecule has 0 saturated heterocycles. The van der Waals surface area contributed by atoms with Crippen molar-refractivity contribution in [2.75, 3.05) is 5.32 Å². The number of fused-ring (bicyclic) bond motifs is 1. The monoisotopic (exact) mass is 399 g/mol. The predicted octanol–water partition coefficient (Wildman–Crippen LogP) is 5.27. The van der Waals surface area contributed by atoms with Crippen molar-refractivity contribution in [2.45, 2.75) is 18.8 Å². The molecule has 1 fully saturated rings. The van der Waals surface area contributed by atoms with Crippen LogP contribution in [0.4, 0.5) is 11.5 Å². The number of pyridine rings is 1. The van der Waals surface area contributed by atoms with E-state index in [2.05, 4.69) is 10.3 Å². The average Bonchev–Trinajstić information content (AvgIpc) is 3.51. The molecule has 0 radical (unpaired) electrons. The Balaban J connectivity index is 1.61. The fraction of sp³-hybridized carbons (Fsp3) is 0.167. The van der Waals surface area contributed by atoms with Crippen molar-refractivity contribution in [3.8, 4) is 16.9 Å². The third kappa shape index (κ3) is 3.26. The van der Waals surface area contributed by atoms with Gasteiger partial charge in [-0.2, -0.15) is 0 Å². The Labute approximate surface area is 173 Å². The van der Waals surface area contributed by atoms with Gasteiger partial charge in [0, 0.05) is 36.1 Å². The Morgan fingerprint density at radius 3 is 2.73 bits per heavy atom. The molecular formula is C24H21N3O3. The van der Waals surface area contributed by atoms with Crippen LogP contribution in [0.25, 0.3) is 22.0 Å². The summed E-state index contributed by atoms with van der Waals surface area (Å²) in [6, 6.07) is 14.8. The number of carbonyl (C=O) groups is 1. The third-order valence-corrected chi connectivity index (χ3v) is 5.58. The number of hydrogen-bond donors (Lipinski definition) is 3. The molecule has 1 aliphatic carbocycles. The van der Waals surface area contributed by atoms with Crippen molar-refractivity contribution in [3.05, 3.63) is 72.1 Å². The number of aromatic carboxylic acids is 1. The van der Waals surface area contributed by atoms with Crippen molar-refractivity contribution < 1.29 is 15.0 Å². The standard InChI is InChI=1S/C24H21N3O3/c1-27-8-7-16-9-18(12-20(22(16)27)15-3-2-4-19(28)10-15)26-23-21(24(29)30)11-17(13-25-23)14-5-6-14/h2-4,7-14,28H,5-6H2,1H3,(H,25,26)(H,29,30). The number of anilines is 2. The van der Waals surface area contributed by atoms with Gasteiger partial charge in [-0.15, -0.1) is 0 Å². The maximum absolute atomic E-state index is 11.8. The minimum absolute atomic E-state index is 0.173. The molecule has 6 nitrogen and oxygen atoms in total. The molecule has 5 rings (SSSR count). The lowest BCUT2D eigenvalue weighted by molar-refractivity contribution is 0.0697. The first-order chi connectivity index (χ1) is 14.5. The van der Waals surface area contributed by atoms with Gasteiger partial charge in [0.05, 0.1) is 5.52 Å². The SMILES string of the molecule is Cn1ccc2cc(Nc3ncc(C4CC4)cc3C(=O)O)cc(-c3cccc(O)c3)c21. The summed E-state index contributed by atoms with van der Waals surface area (Å²) >= 11 is 0. The van der Waals surface area contributed by atoms with Crippen LogP contribution in [0.1, 0.15) is 34.7 Å². The van der Waals surface area contributed by atoms with Gasteiger partial charge in [-0.25, -0.2) is 9.78 Å². The topological polar surface area (TPSA) is 87.4 Å². The van der Waals surface area contributed by atoms with Crippen molar-refractivity contribution in [3.63, 3.8) is 0 Å². The molecule has 0 spiro atoms.